The number of para-hydroxylation sites is 2. The van der Waals surface area contributed by atoms with Crippen LogP contribution in [0, 0.1) is 0 Å². The minimum absolute atomic E-state index is 0.0387. The molecule has 0 aliphatic rings. The van der Waals surface area contributed by atoms with Crippen LogP contribution in [0.25, 0.3) is 11.0 Å². The maximum Gasteiger partial charge on any atom is 0.264 e. The van der Waals surface area contributed by atoms with Gasteiger partial charge in [-0.05, 0) is 55.5 Å². The Morgan fingerprint density at radius 1 is 0.935 bits per heavy atom. The first-order valence-corrected chi connectivity index (χ1v) is 11.4. The molecule has 0 amide bonds. The van der Waals surface area contributed by atoms with E-state index in [1.807, 2.05) is 30.3 Å². The van der Waals surface area contributed by atoms with Gasteiger partial charge in [0.05, 0.1) is 17.1 Å². The summed E-state index contributed by atoms with van der Waals surface area (Å²) in [6, 6.07) is 24.5. The van der Waals surface area contributed by atoms with Crippen molar-refractivity contribution in [2.75, 3.05) is 22.7 Å². The highest BCUT2D eigenvalue weighted by Gasteiger charge is 2.23. The predicted octanol–water partition coefficient (Wildman–Crippen LogP) is 4.94. The Morgan fingerprint density at radius 3 is 2.29 bits per heavy atom. The second-order valence-electron chi connectivity index (χ2n) is 6.95. The molecule has 0 radical (unpaired) electrons. The third kappa shape index (κ3) is 4.32. The van der Waals surface area contributed by atoms with Crippen molar-refractivity contribution in [2.45, 2.75) is 11.8 Å². The number of Topliss-reactive ketones (excluding diaryl/α,β-unsaturated/α-hetero) is 1. The summed E-state index contributed by atoms with van der Waals surface area (Å²) >= 11 is 0. The summed E-state index contributed by atoms with van der Waals surface area (Å²) in [4.78, 5) is 12.6. The fourth-order valence-electron chi connectivity index (χ4n) is 3.35. The molecule has 0 atom stereocenters. The van der Waals surface area contributed by atoms with Crippen LogP contribution < -0.4 is 9.62 Å². The van der Waals surface area contributed by atoms with E-state index in [0.717, 1.165) is 5.39 Å². The number of anilines is 2. The van der Waals surface area contributed by atoms with Crippen molar-refractivity contribution in [2.24, 2.45) is 0 Å². The monoisotopic (exact) mass is 434 g/mol. The smallest absolute Gasteiger partial charge is 0.264 e. The third-order valence-electron chi connectivity index (χ3n) is 4.93. The zero-order valence-corrected chi connectivity index (χ0v) is 17.8. The van der Waals surface area contributed by atoms with Gasteiger partial charge >= 0.3 is 0 Å². The number of rotatable bonds is 8. The molecule has 4 rings (SSSR count). The van der Waals surface area contributed by atoms with Crippen molar-refractivity contribution in [1.82, 2.24) is 0 Å². The van der Waals surface area contributed by atoms with Crippen molar-refractivity contribution in [3.8, 4) is 0 Å². The maximum absolute atomic E-state index is 13.1. The number of hydrogen-bond acceptors (Lipinski definition) is 5. The average molecular weight is 435 g/mol. The van der Waals surface area contributed by atoms with Gasteiger partial charge in [0, 0.05) is 17.6 Å². The Hall–Kier alpha value is -3.58. The highest BCUT2D eigenvalue weighted by molar-refractivity contribution is 7.92. The number of fused-ring (bicyclic) bond motifs is 1. The summed E-state index contributed by atoms with van der Waals surface area (Å²) in [7, 11) is -3.69. The number of carbonyl (C=O) groups excluding carboxylic acids is 1. The molecule has 0 unspecified atom stereocenters. The van der Waals surface area contributed by atoms with Crippen LogP contribution in [0.4, 0.5) is 11.4 Å². The molecule has 4 aromatic rings. The lowest BCUT2D eigenvalue weighted by atomic mass is 10.2. The first-order valence-electron chi connectivity index (χ1n) is 9.92. The van der Waals surface area contributed by atoms with Crippen LogP contribution in [-0.2, 0) is 10.0 Å². The normalized spacial score (nSPS) is 11.4. The Bertz CT molecular complexity index is 1260. The first-order chi connectivity index (χ1) is 15.0. The highest BCUT2D eigenvalue weighted by atomic mass is 32.2. The van der Waals surface area contributed by atoms with Crippen molar-refractivity contribution >= 4 is 38.2 Å². The van der Waals surface area contributed by atoms with Crippen molar-refractivity contribution in [3.05, 3.63) is 90.7 Å². The van der Waals surface area contributed by atoms with Crippen molar-refractivity contribution in [1.29, 1.82) is 0 Å². The lowest BCUT2D eigenvalue weighted by Crippen LogP contribution is -2.30. The number of benzene rings is 3. The van der Waals surface area contributed by atoms with Crippen LogP contribution in [0.1, 0.15) is 17.5 Å². The molecular weight excluding hydrogens is 412 g/mol. The third-order valence-corrected chi connectivity index (χ3v) is 6.84. The van der Waals surface area contributed by atoms with E-state index in [2.05, 4.69) is 5.32 Å². The summed E-state index contributed by atoms with van der Waals surface area (Å²) in [6.07, 6.45) is 0. The number of nitrogens with one attached hydrogen (secondary N) is 1. The van der Waals surface area contributed by atoms with Crippen molar-refractivity contribution in [3.63, 3.8) is 0 Å². The van der Waals surface area contributed by atoms with Crippen LogP contribution >= 0.6 is 0 Å². The van der Waals surface area contributed by atoms with E-state index in [-0.39, 0.29) is 23.0 Å². The second kappa shape index (κ2) is 8.65. The SMILES string of the molecule is CCN(c1ccccc1)S(=O)(=O)c1ccc(NCC(=O)c2cc3ccccc3o2)cc1. The molecule has 0 saturated carbocycles. The van der Waals surface area contributed by atoms with Crippen LogP contribution in [0.15, 0.2) is 94.2 Å². The molecule has 0 bridgehead atoms. The molecule has 158 valence electrons. The predicted molar refractivity (Wildman–Crippen MR) is 122 cm³/mol. The minimum atomic E-state index is -3.69. The molecule has 31 heavy (non-hydrogen) atoms. The fraction of sp³-hybridized carbons (Fsp3) is 0.125. The Morgan fingerprint density at radius 2 is 1.61 bits per heavy atom. The van der Waals surface area contributed by atoms with Crippen LogP contribution in [0.2, 0.25) is 0 Å². The van der Waals surface area contributed by atoms with Gasteiger partial charge in [0.15, 0.2) is 5.76 Å². The number of hydrogen-bond donors (Lipinski definition) is 1. The Kier molecular flexibility index (Phi) is 5.77. The summed E-state index contributed by atoms with van der Waals surface area (Å²) < 4.78 is 33.1. The Labute approximate surface area is 181 Å². The van der Waals surface area contributed by atoms with Crippen LogP contribution in [0.3, 0.4) is 0 Å². The van der Waals surface area contributed by atoms with Gasteiger partial charge in [-0.15, -0.1) is 0 Å². The number of sulfonamides is 1. The number of nitrogens with zero attached hydrogens (tertiary/aromatic N) is 1. The zero-order valence-electron chi connectivity index (χ0n) is 17.0. The van der Waals surface area contributed by atoms with E-state index in [1.165, 1.54) is 16.4 Å². The number of ketones is 1. The molecule has 6 nitrogen and oxygen atoms in total. The molecule has 0 spiro atoms. The van der Waals surface area contributed by atoms with E-state index >= 15 is 0 Å². The first kappa shape index (κ1) is 20.7. The zero-order chi connectivity index (χ0) is 21.8. The topological polar surface area (TPSA) is 79.6 Å². The van der Waals surface area contributed by atoms with Crippen LogP contribution in [-0.4, -0.2) is 27.3 Å². The molecule has 7 heteroatoms. The standard InChI is InChI=1S/C24H22N2O4S/c1-2-26(20-9-4-3-5-10-20)31(28,29)21-14-12-19(13-15-21)25-17-22(27)24-16-18-8-6-7-11-23(18)30-24/h3-16,25H,2,17H2,1H3. The average Bonchev–Trinajstić information content (AvgIpc) is 3.23. The summed E-state index contributed by atoms with van der Waals surface area (Å²) in [5.41, 5.74) is 1.93. The molecule has 1 heterocycles. The maximum atomic E-state index is 13.1. The van der Waals surface area contributed by atoms with Gasteiger partial charge in [-0.2, -0.15) is 0 Å². The van der Waals surface area contributed by atoms with Gasteiger partial charge in [0.25, 0.3) is 10.0 Å². The van der Waals surface area contributed by atoms with Gasteiger partial charge in [0.2, 0.25) is 5.78 Å². The van der Waals surface area contributed by atoms with E-state index < -0.39 is 10.0 Å². The van der Waals surface area contributed by atoms with E-state index in [1.54, 1.807) is 49.4 Å². The van der Waals surface area contributed by atoms with Gasteiger partial charge in [-0.3, -0.25) is 9.10 Å². The molecule has 0 saturated heterocycles. The van der Waals surface area contributed by atoms with Gasteiger partial charge in [-0.1, -0.05) is 36.4 Å². The molecule has 0 aliphatic heterocycles. The summed E-state index contributed by atoms with van der Waals surface area (Å²) in [6.45, 7) is 2.15. The number of furan rings is 1. The van der Waals surface area contributed by atoms with Gasteiger partial charge in [0.1, 0.15) is 5.58 Å². The molecule has 0 aliphatic carbocycles. The molecule has 1 N–H and O–H groups in total. The molecule has 0 fully saturated rings. The van der Waals surface area contributed by atoms with E-state index in [4.69, 9.17) is 4.42 Å². The molecule has 3 aromatic carbocycles. The second-order valence-corrected chi connectivity index (χ2v) is 8.82. The number of carbonyl (C=O) groups is 1. The fourth-order valence-corrected chi connectivity index (χ4v) is 4.82. The van der Waals surface area contributed by atoms with E-state index in [0.29, 0.717) is 23.5 Å². The lowest BCUT2D eigenvalue weighted by Gasteiger charge is -2.23. The summed E-state index contributed by atoms with van der Waals surface area (Å²) in [5, 5.41) is 3.90. The largest absolute Gasteiger partial charge is 0.453 e. The Balaban J connectivity index is 1.45. The quantitative estimate of drug-likeness (QED) is 0.397. The minimum Gasteiger partial charge on any atom is -0.453 e. The highest BCUT2D eigenvalue weighted by Crippen LogP contribution is 2.24. The summed E-state index contributed by atoms with van der Waals surface area (Å²) in [5.74, 6) is 0.100. The molecule has 1 aromatic heterocycles. The van der Waals surface area contributed by atoms with Crippen molar-refractivity contribution < 1.29 is 17.6 Å². The lowest BCUT2D eigenvalue weighted by molar-refractivity contribution is 0.0982. The van der Waals surface area contributed by atoms with Gasteiger partial charge in [-0.25, -0.2) is 8.42 Å². The molecular formula is C24H22N2O4S. The van der Waals surface area contributed by atoms with Gasteiger partial charge < -0.3 is 9.73 Å². The van der Waals surface area contributed by atoms with Crippen LogP contribution in [0.5, 0.6) is 0 Å². The van der Waals surface area contributed by atoms with E-state index in [9.17, 15) is 13.2 Å².